The number of ether oxygens (including phenoxy) is 1. The third-order valence-electron chi connectivity index (χ3n) is 3.81. The molecule has 2 N–H and O–H groups in total. The molecule has 0 spiro atoms. The predicted molar refractivity (Wildman–Crippen MR) is 75.1 cm³/mol. The van der Waals surface area contributed by atoms with Gasteiger partial charge in [-0.2, -0.15) is 0 Å². The van der Waals surface area contributed by atoms with Gasteiger partial charge in [-0.05, 0) is 37.0 Å². The van der Waals surface area contributed by atoms with Gasteiger partial charge in [-0.25, -0.2) is 4.39 Å². The number of carbonyl (C=O) groups is 1. The molecule has 20 heavy (non-hydrogen) atoms. The van der Waals surface area contributed by atoms with Crippen molar-refractivity contribution in [3.8, 4) is 5.75 Å². The van der Waals surface area contributed by atoms with Crippen molar-refractivity contribution in [2.75, 3.05) is 20.2 Å². The second kappa shape index (κ2) is 6.70. The van der Waals surface area contributed by atoms with Crippen molar-refractivity contribution in [1.29, 1.82) is 0 Å². The Kier molecular flexibility index (Phi) is 4.95. The van der Waals surface area contributed by atoms with Crippen molar-refractivity contribution in [2.24, 2.45) is 5.73 Å². The number of hydrogen-bond donors (Lipinski definition) is 1. The van der Waals surface area contributed by atoms with E-state index in [1.165, 1.54) is 13.2 Å². The highest BCUT2D eigenvalue weighted by Gasteiger charge is 2.26. The van der Waals surface area contributed by atoms with Crippen molar-refractivity contribution in [1.82, 2.24) is 4.90 Å². The van der Waals surface area contributed by atoms with Gasteiger partial charge in [0.15, 0.2) is 11.6 Å². The van der Waals surface area contributed by atoms with Crippen LogP contribution < -0.4 is 10.5 Å². The summed E-state index contributed by atoms with van der Waals surface area (Å²) in [5.41, 5.74) is 6.47. The molecule has 1 saturated heterocycles. The van der Waals surface area contributed by atoms with E-state index in [1.54, 1.807) is 12.1 Å². The number of benzene rings is 1. The van der Waals surface area contributed by atoms with Gasteiger partial charge in [0.1, 0.15) is 0 Å². The standard InChI is InChI=1S/C15H21FN2O2/c1-20-14-6-4-11(9-13(14)16)5-7-15(19)18-8-2-3-12(18)10-17/h4,6,9,12H,2-3,5,7-8,10,17H2,1H3/t12-/m1/s1. The highest BCUT2D eigenvalue weighted by atomic mass is 19.1. The van der Waals surface area contributed by atoms with Gasteiger partial charge in [0.2, 0.25) is 5.91 Å². The Morgan fingerprint density at radius 1 is 1.55 bits per heavy atom. The van der Waals surface area contributed by atoms with E-state index in [0.717, 1.165) is 24.9 Å². The van der Waals surface area contributed by atoms with Crippen LogP contribution in [0.2, 0.25) is 0 Å². The van der Waals surface area contributed by atoms with Gasteiger partial charge < -0.3 is 15.4 Å². The number of nitrogens with zero attached hydrogens (tertiary/aromatic N) is 1. The SMILES string of the molecule is COc1ccc(CCC(=O)N2CCC[C@@H]2CN)cc1F. The number of likely N-dealkylation sites (tertiary alicyclic amines) is 1. The molecule has 1 fully saturated rings. The first kappa shape index (κ1) is 14.8. The van der Waals surface area contributed by atoms with Gasteiger partial charge in [-0.1, -0.05) is 6.07 Å². The second-order valence-corrected chi connectivity index (χ2v) is 5.09. The van der Waals surface area contributed by atoms with Crippen molar-refractivity contribution >= 4 is 5.91 Å². The van der Waals surface area contributed by atoms with Gasteiger partial charge in [-0.15, -0.1) is 0 Å². The first-order valence-corrected chi connectivity index (χ1v) is 6.97. The number of carbonyl (C=O) groups excluding carboxylic acids is 1. The van der Waals surface area contributed by atoms with E-state index in [0.29, 0.717) is 19.4 Å². The monoisotopic (exact) mass is 280 g/mol. The molecule has 1 aliphatic heterocycles. The molecule has 0 bridgehead atoms. The van der Waals surface area contributed by atoms with Crippen LogP contribution in [0.15, 0.2) is 18.2 Å². The minimum Gasteiger partial charge on any atom is -0.494 e. The number of nitrogens with two attached hydrogens (primary N) is 1. The Hall–Kier alpha value is -1.62. The predicted octanol–water partition coefficient (Wildman–Crippen LogP) is 1.72. The smallest absolute Gasteiger partial charge is 0.223 e. The van der Waals surface area contributed by atoms with Crippen molar-refractivity contribution in [3.05, 3.63) is 29.6 Å². The van der Waals surface area contributed by atoms with E-state index in [-0.39, 0.29) is 17.7 Å². The van der Waals surface area contributed by atoms with Gasteiger partial charge >= 0.3 is 0 Å². The van der Waals surface area contributed by atoms with Crippen molar-refractivity contribution < 1.29 is 13.9 Å². The lowest BCUT2D eigenvalue weighted by molar-refractivity contribution is -0.131. The van der Waals surface area contributed by atoms with E-state index in [1.807, 2.05) is 4.90 Å². The zero-order valence-electron chi connectivity index (χ0n) is 11.8. The van der Waals surface area contributed by atoms with E-state index >= 15 is 0 Å². The van der Waals surface area contributed by atoms with Crippen LogP contribution in [0.1, 0.15) is 24.8 Å². The van der Waals surface area contributed by atoms with Gasteiger partial charge in [0.05, 0.1) is 7.11 Å². The van der Waals surface area contributed by atoms with Crippen molar-refractivity contribution in [3.63, 3.8) is 0 Å². The fourth-order valence-electron chi connectivity index (χ4n) is 2.67. The molecule has 0 radical (unpaired) electrons. The number of amides is 1. The lowest BCUT2D eigenvalue weighted by Gasteiger charge is -2.23. The molecule has 4 nitrogen and oxygen atoms in total. The fraction of sp³-hybridized carbons (Fsp3) is 0.533. The summed E-state index contributed by atoms with van der Waals surface area (Å²) in [7, 11) is 1.43. The Bertz CT molecular complexity index is 479. The van der Waals surface area contributed by atoms with Crippen LogP contribution in [0, 0.1) is 5.82 Å². The third-order valence-corrected chi connectivity index (χ3v) is 3.81. The highest BCUT2D eigenvalue weighted by Crippen LogP contribution is 2.20. The zero-order valence-corrected chi connectivity index (χ0v) is 11.8. The number of hydrogen-bond acceptors (Lipinski definition) is 3. The van der Waals surface area contributed by atoms with Crippen molar-refractivity contribution in [2.45, 2.75) is 31.7 Å². The van der Waals surface area contributed by atoms with Gasteiger partial charge in [0.25, 0.3) is 0 Å². The maximum absolute atomic E-state index is 13.6. The summed E-state index contributed by atoms with van der Waals surface area (Å²) >= 11 is 0. The average molecular weight is 280 g/mol. The molecule has 1 aromatic carbocycles. The van der Waals surface area contributed by atoms with E-state index in [4.69, 9.17) is 10.5 Å². The maximum atomic E-state index is 13.6. The summed E-state index contributed by atoms with van der Waals surface area (Å²) < 4.78 is 18.4. The van der Waals surface area contributed by atoms with Crippen LogP contribution in [-0.4, -0.2) is 37.0 Å². The quantitative estimate of drug-likeness (QED) is 0.893. The van der Waals surface area contributed by atoms with E-state index in [2.05, 4.69) is 0 Å². The van der Waals surface area contributed by atoms with Crippen LogP contribution in [-0.2, 0) is 11.2 Å². The second-order valence-electron chi connectivity index (χ2n) is 5.09. The largest absolute Gasteiger partial charge is 0.494 e. The molecule has 1 aromatic rings. The van der Waals surface area contributed by atoms with Crippen LogP contribution in [0.3, 0.4) is 0 Å². The average Bonchev–Trinajstić information content (AvgIpc) is 2.93. The number of methoxy groups -OCH3 is 1. The Morgan fingerprint density at radius 2 is 2.35 bits per heavy atom. The van der Waals surface area contributed by atoms with Crippen LogP contribution in [0.25, 0.3) is 0 Å². The van der Waals surface area contributed by atoms with E-state index in [9.17, 15) is 9.18 Å². The third kappa shape index (κ3) is 3.28. The van der Waals surface area contributed by atoms with Crippen LogP contribution in [0.5, 0.6) is 5.75 Å². The number of aryl methyl sites for hydroxylation is 1. The Morgan fingerprint density at radius 3 is 3.00 bits per heavy atom. The summed E-state index contributed by atoms with van der Waals surface area (Å²) in [4.78, 5) is 14.0. The van der Waals surface area contributed by atoms with Crippen LogP contribution >= 0.6 is 0 Å². The first-order valence-electron chi connectivity index (χ1n) is 6.97. The molecule has 1 heterocycles. The summed E-state index contributed by atoms with van der Waals surface area (Å²) in [5.74, 6) is -0.0598. The molecule has 1 atom stereocenters. The number of halogens is 1. The molecule has 0 unspecified atom stereocenters. The lowest BCUT2D eigenvalue weighted by Crippen LogP contribution is -2.39. The summed E-state index contributed by atoms with van der Waals surface area (Å²) in [6.45, 7) is 1.31. The summed E-state index contributed by atoms with van der Waals surface area (Å²) in [5, 5.41) is 0. The zero-order chi connectivity index (χ0) is 14.5. The molecule has 110 valence electrons. The Labute approximate surface area is 118 Å². The molecule has 0 aromatic heterocycles. The topological polar surface area (TPSA) is 55.6 Å². The molecule has 2 rings (SSSR count). The molecular weight excluding hydrogens is 259 g/mol. The first-order chi connectivity index (χ1) is 9.65. The molecular formula is C15H21FN2O2. The highest BCUT2D eigenvalue weighted by molar-refractivity contribution is 5.77. The molecule has 0 aliphatic carbocycles. The summed E-state index contributed by atoms with van der Waals surface area (Å²) in [6, 6.07) is 4.99. The molecule has 5 heteroatoms. The van der Waals surface area contributed by atoms with Crippen LogP contribution in [0.4, 0.5) is 4.39 Å². The molecule has 1 amide bonds. The van der Waals surface area contributed by atoms with Gasteiger partial charge in [-0.3, -0.25) is 4.79 Å². The lowest BCUT2D eigenvalue weighted by atomic mass is 10.1. The Balaban J connectivity index is 1.91. The summed E-state index contributed by atoms with van der Waals surface area (Å²) in [6.07, 6.45) is 2.93. The van der Waals surface area contributed by atoms with E-state index < -0.39 is 5.82 Å². The molecule has 1 aliphatic rings. The fourth-order valence-corrected chi connectivity index (χ4v) is 2.67. The normalized spacial score (nSPS) is 18.4. The van der Waals surface area contributed by atoms with Gasteiger partial charge in [0, 0.05) is 25.6 Å². The minimum absolute atomic E-state index is 0.106. The molecule has 0 saturated carbocycles. The number of rotatable bonds is 5. The minimum atomic E-state index is -0.390. The maximum Gasteiger partial charge on any atom is 0.223 e.